The van der Waals surface area contributed by atoms with Gasteiger partial charge in [-0.3, -0.25) is 0 Å². The zero-order valence-electron chi connectivity index (χ0n) is 9.67. The average molecular weight is 270 g/mol. The van der Waals surface area contributed by atoms with Crippen LogP contribution in [0.4, 0.5) is 0 Å². The third-order valence-electron chi connectivity index (χ3n) is 2.97. The molecule has 0 aliphatic carbocycles. The van der Waals surface area contributed by atoms with Crippen LogP contribution in [0.5, 0.6) is 0 Å². The predicted octanol–water partition coefficient (Wildman–Crippen LogP) is 1.35. The number of hydrogen-bond acceptors (Lipinski definition) is 3. The Morgan fingerprint density at radius 2 is 2.00 bits per heavy atom. The first-order valence-electron chi connectivity index (χ1n) is 5.58. The summed E-state index contributed by atoms with van der Waals surface area (Å²) in [6.45, 7) is 4.04. The van der Waals surface area contributed by atoms with E-state index in [2.05, 4.69) is 11.6 Å². The Bertz CT molecular complexity index is 299. The number of ether oxygens (including phenoxy) is 1. The standard InChI is InChI=1S/C10H20ClNO3S/c1-10(3-6-15-7-4-10)9-12-16(13,14)8-2-5-11/h12H,2-9H2,1H3. The molecular formula is C10H20ClNO3S. The van der Waals surface area contributed by atoms with Gasteiger partial charge >= 0.3 is 0 Å². The molecule has 1 N–H and O–H groups in total. The highest BCUT2D eigenvalue weighted by Gasteiger charge is 2.28. The Kier molecular flexibility index (Phi) is 5.50. The van der Waals surface area contributed by atoms with Gasteiger partial charge < -0.3 is 4.74 Å². The zero-order chi connectivity index (χ0) is 12.1. The third kappa shape index (κ3) is 4.99. The van der Waals surface area contributed by atoms with Gasteiger partial charge in [0.25, 0.3) is 0 Å². The van der Waals surface area contributed by atoms with Crippen LogP contribution in [0.25, 0.3) is 0 Å². The molecule has 0 aromatic carbocycles. The van der Waals surface area contributed by atoms with Crippen molar-refractivity contribution in [3.8, 4) is 0 Å². The van der Waals surface area contributed by atoms with Crippen LogP contribution in [-0.4, -0.2) is 39.8 Å². The van der Waals surface area contributed by atoms with Crippen LogP contribution >= 0.6 is 11.6 Å². The maximum Gasteiger partial charge on any atom is 0.211 e. The average Bonchev–Trinajstić information content (AvgIpc) is 2.25. The SMILES string of the molecule is CC1(CNS(=O)(=O)CCCCl)CCOCC1. The molecule has 1 aliphatic rings. The number of sulfonamides is 1. The number of nitrogens with one attached hydrogen (secondary N) is 1. The highest BCUT2D eigenvalue weighted by Crippen LogP contribution is 2.28. The van der Waals surface area contributed by atoms with E-state index < -0.39 is 10.0 Å². The van der Waals surface area contributed by atoms with Crippen LogP contribution in [0.3, 0.4) is 0 Å². The van der Waals surface area contributed by atoms with Gasteiger partial charge in [-0.25, -0.2) is 13.1 Å². The van der Waals surface area contributed by atoms with Crippen LogP contribution in [0.1, 0.15) is 26.2 Å². The highest BCUT2D eigenvalue weighted by atomic mass is 35.5. The molecule has 1 heterocycles. The summed E-state index contributed by atoms with van der Waals surface area (Å²) in [5, 5.41) is 0. The maximum absolute atomic E-state index is 11.6. The first-order valence-corrected chi connectivity index (χ1v) is 7.77. The van der Waals surface area contributed by atoms with Crippen molar-refractivity contribution < 1.29 is 13.2 Å². The fourth-order valence-corrected chi connectivity index (χ4v) is 3.17. The lowest BCUT2D eigenvalue weighted by atomic mass is 9.83. The van der Waals surface area contributed by atoms with E-state index in [9.17, 15) is 8.42 Å². The molecule has 0 saturated carbocycles. The van der Waals surface area contributed by atoms with Gasteiger partial charge in [-0.15, -0.1) is 11.6 Å². The monoisotopic (exact) mass is 269 g/mol. The largest absolute Gasteiger partial charge is 0.381 e. The molecule has 1 rings (SSSR count). The molecule has 0 radical (unpaired) electrons. The first kappa shape index (κ1) is 14.2. The fraction of sp³-hybridized carbons (Fsp3) is 1.00. The maximum atomic E-state index is 11.6. The van der Waals surface area contributed by atoms with Gasteiger partial charge in [-0.2, -0.15) is 0 Å². The summed E-state index contributed by atoms with van der Waals surface area (Å²) in [6.07, 6.45) is 2.31. The summed E-state index contributed by atoms with van der Waals surface area (Å²) in [5.74, 6) is 0.495. The number of halogens is 1. The van der Waals surface area contributed by atoms with E-state index >= 15 is 0 Å². The van der Waals surface area contributed by atoms with Gasteiger partial charge in [0.2, 0.25) is 10.0 Å². The van der Waals surface area contributed by atoms with Crippen molar-refractivity contribution >= 4 is 21.6 Å². The molecule has 0 bridgehead atoms. The minimum Gasteiger partial charge on any atom is -0.381 e. The second-order valence-corrected chi connectivity index (χ2v) is 6.91. The topological polar surface area (TPSA) is 55.4 Å². The van der Waals surface area contributed by atoms with Crippen molar-refractivity contribution in [2.75, 3.05) is 31.4 Å². The van der Waals surface area contributed by atoms with Gasteiger partial charge in [-0.05, 0) is 24.7 Å². The van der Waals surface area contributed by atoms with Crippen LogP contribution in [0.2, 0.25) is 0 Å². The normalized spacial score (nSPS) is 20.9. The van der Waals surface area contributed by atoms with E-state index in [1.165, 1.54) is 0 Å². The quantitative estimate of drug-likeness (QED) is 0.741. The molecule has 0 unspecified atom stereocenters. The summed E-state index contributed by atoms with van der Waals surface area (Å²) >= 11 is 5.48. The van der Waals surface area contributed by atoms with Crippen molar-refractivity contribution in [1.82, 2.24) is 4.72 Å². The van der Waals surface area contributed by atoms with Crippen molar-refractivity contribution in [1.29, 1.82) is 0 Å². The van der Waals surface area contributed by atoms with Gasteiger partial charge in [-0.1, -0.05) is 6.92 Å². The Balaban J connectivity index is 2.37. The molecule has 6 heteroatoms. The van der Waals surface area contributed by atoms with E-state index in [1.807, 2.05) is 0 Å². The lowest BCUT2D eigenvalue weighted by Gasteiger charge is -2.33. The zero-order valence-corrected chi connectivity index (χ0v) is 11.2. The van der Waals surface area contributed by atoms with E-state index in [4.69, 9.17) is 16.3 Å². The summed E-state index contributed by atoms with van der Waals surface area (Å²) in [4.78, 5) is 0. The Labute approximate surface area is 103 Å². The fourth-order valence-electron chi connectivity index (χ4n) is 1.64. The minimum absolute atomic E-state index is 0.0340. The van der Waals surface area contributed by atoms with Gasteiger partial charge in [0.15, 0.2) is 0 Å². The number of hydrogen-bond donors (Lipinski definition) is 1. The molecule has 0 amide bonds. The van der Waals surface area contributed by atoms with Crippen LogP contribution in [0.15, 0.2) is 0 Å². The summed E-state index contributed by atoms with van der Waals surface area (Å²) in [6, 6.07) is 0. The first-order chi connectivity index (χ1) is 7.47. The minimum atomic E-state index is -3.16. The van der Waals surface area contributed by atoms with Crippen LogP contribution in [0, 0.1) is 5.41 Å². The smallest absolute Gasteiger partial charge is 0.211 e. The molecule has 1 saturated heterocycles. The molecule has 0 atom stereocenters. The molecule has 1 aliphatic heterocycles. The molecule has 0 spiro atoms. The Hall–Kier alpha value is 0.160. The predicted molar refractivity (Wildman–Crippen MR) is 65.3 cm³/mol. The van der Waals surface area contributed by atoms with Crippen LogP contribution < -0.4 is 4.72 Å². The molecule has 0 aromatic rings. The van der Waals surface area contributed by atoms with Crippen molar-refractivity contribution in [2.24, 2.45) is 5.41 Å². The van der Waals surface area contributed by atoms with Gasteiger partial charge in [0.05, 0.1) is 5.75 Å². The van der Waals surface area contributed by atoms with E-state index in [0.29, 0.717) is 18.8 Å². The van der Waals surface area contributed by atoms with Gasteiger partial charge in [0.1, 0.15) is 0 Å². The van der Waals surface area contributed by atoms with E-state index in [-0.39, 0.29) is 11.2 Å². The van der Waals surface area contributed by atoms with Crippen molar-refractivity contribution in [2.45, 2.75) is 26.2 Å². The van der Waals surface area contributed by atoms with Gasteiger partial charge in [0, 0.05) is 25.6 Å². The molecular weight excluding hydrogens is 250 g/mol. The lowest BCUT2D eigenvalue weighted by molar-refractivity contribution is 0.0265. The van der Waals surface area contributed by atoms with E-state index in [0.717, 1.165) is 26.1 Å². The van der Waals surface area contributed by atoms with Crippen molar-refractivity contribution in [3.05, 3.63) is 0 Å². The Morgan fingerprint density at radius 1 is 1.38 bits per heavy atom. The lowest BCUT2D eigenvalue weighted by Crippen LogP contribution is -2.40. The summed E-state index contributed by atoms with van der Waals surface area (Å²) in [7, 11) is -3.16. The van der Waals surface area contributed by atoms with Crippen molar-refractivity contribution in [3.63, 3.8) is 0 Å². The van der Waals surface area contributed by atoms with Crippen LogP contribution in [-0.2, 0) is 14.8 Å². The Morgan fingerprint density at radius 3 is 2.56 bits per heavy atom. The molecule has 4 nitrogen and oxygen atoms in total. The molecule has 16 heavy (non-hydrogen) atoms. The number of alkyl halides is 1. The summed E-state index contributed by atoms with van der Waals surface area (Å²) < 4.78 is 31.1. The molecule has 96 valence electrons. The second kappa shape index (κ2) is 6.19. The molecule has 0 aromatic heterocycles. The second-order valence-electron chi connectivity index (χ2n) is 4.61. The van der Waals surface area contributed by atoms with E-state index in [1.54, 1.807) is 0 Å². The molecule has 1 fully saturated rings. The highest BCUT2D eigenvalue weighted by molar-refractivity contribution is 7.89. The summed E-state index contributed by atoms with van der Waals surface area (Å²) in [5.41, 5.74) is 0.0340. The third-order valence-corrected chi connectivity index (χ3v) is 4.64. The number of rotatable bonds is 6.